The van der Waals surface area contributed by atoms with Crippen molar-refractivity contribution in [3.05, 3.63) is 48.0 Å². The summed E-state index contributed by atoms with van der Waals surface area (Å²) in [5, 5.41) is 0. The van der Waals surface area contributed by atoms with Gasteiger partial charge in [-0.05, 0) is 49.8 Å². The highest BCUT2D eigenvalue weighted by Crippen LogP contribution is 2.40. The Labute approximate surface area is 183 Å². The molecule has 1 unspecified atom stereocenters. The van der Waals surface area contributed by atoms with Gasteiger partial charge in [0.25, 0.3) is 5.91 Å². The number of aromatic nitrogens is 2. The van der Waals surface area contributed by atoms with Crippen LogP contribution < -0.4 is 4.74 Å². The van der Waals surface area contributed by atoms with Crippen LogP contribution in [0.1, 0.15) is 43.5 Å². The first-order valence-corrected chi connectivity index (χ1v) is 11.5. The molecule has 0 radical (unpaired) electrons. The molecule has 2 aromatic rings. The number of hydrogen-bond acceptors (Lipinski definition) is 5. The highest BCUT2D eigenvalue weighted by Gasteiger charge is 2.47. The Bertz CT molecular complexity index is 913. The standard InChI is InChI=1S/C24H32N4O3/c1-30-20-7-5-6-19(16-20)17-26-13-8-24(9-14-26)23-25-10-15-28(23)18-21(31-24)22(29)27-11-3-2-4-12-27/h5-7,10,15-16,21H,2-4,8-9,11-14,17-18H2,1H3. The number of nitrogens with zero attached hydrogens (tertiary/aromatic N) is 4. The third-order valence-electron chi connectivity index (χ3n) is 7.00. The van der Waals surface area contributed by atoms with Gasteiger partial charge in [0, 0.05) is 45.1 Å². The van der Waals surface area contributed by atoms with E-state index in [1.807, 2.05) is 29.4 Å². The van der Waals surface area contributed by atoms with Crippen molar-refractivity contribution in [3.63, 3.8) is 0 Å². The van der Waals surface area contributed by atoms with Crippen LogP contribution in [0.5, 0.6) is 5.75 Å². The minimum Gasteiger partial charge on any atom is -0.497 e. The monoisotopic (exact) mass is 424 g/mol. The Morgan fingerprint density at radius 1 is 1.19 bits per heavy atom. The first-order valence-electron chi connectivity index (χ1n) is 11.5. The Kier molecular flexibility index (Phi) is 5.71. The summed E-state index contributed by atoms with van der Waals surface area (Å²) < 4.78 is 14.1. The van der Waals surface area contributed by atoms with Crippen molar-refractivity contribution in [2.75, 3.05) is 33.3 Å². The van der Waals surface area contributed by atoms with Crippen molar-refractivity contribution in [2.45, 2.75) is 56.9 Å². The second-order valence-electron chi connectivity index (χ2n) is 9.02. The van der Waals surface area contributed by atoms with Crippen molar-refractivity contribution in [1.29, 1.82) is 0 Å². The number of carbonyl (C=O) groups is 1. The van der Waals surface area contributed by atoms with Crippen LogP contribution in [-0.2, 0) is 28.2 Å². The van der Waals surface area contributed by atoms with Crippen LogP contribution >= 0.6 is 0 Å². The number of hydrogen-bond donors (Lipinski definition) is 0. The van der Waals surface area contributed by atoms with Gasteiger partial charge in [0.1, 0.15) is 17.2 Å². The molecule has 0 saturated carbocycles. The van der Waals surface area contributed by atoms with Gasteiger partial charge in [-0.3, -0.25) is 9.69 Å². The minimum absolute atomic E-state index is 0.150. The quantitative estimate of drug-likeness (QED) is 0.755. The summed E-state index contributed by atoms with van der Waals surface area (Å²) in [6.45, 7) is 4.99. The fourth-order valence-corrected chi connectivity index (χ4v) is 5.29. The van der Waals surface area contributed by atoms with Crippen molar-refractivity contribution >= 4 is 5.91 Å². The molecule has 166 valence electrons. The van der Waals surface area contributed by atoms with Crippen LogP contribution in [0, 0.1) is 0 Å². The Morgan fingerprint density at radius 2 is 2.00 bits per heavy atom. The normalized spacial score (nSPS) is 23.5. The number of fused-ring (bicyclic) bond motifs is 2. The van der Waals surface area contributed by atoms with Crippen LogP contribution in [0.25, 0.3) is 0 Å². The predicted molar refractivity (Wildman–Crippen MR) is 117 cm³/mol. The third kappa shape index (κ3) is 4.08. The van der Waals surface area contributed by atoms with Gasteiger partial charge < -0.3 is 18.9 Å². The van der Waals surface area contributed by atoms with Crippen molar-refractivity contribution in [1.82, 2.24) is 19.4 Å². The molecule has 1 aromatic carbocycles. The number of rotatable bonds is 4. The second kappa shape index (κ2) is 8.63. The van der Waals surface area contributed by atoms with Gasteiger partial charge in [0.2, 0.25) is 0 Å². The summed E-state index contributed by atoms with van der Waals surface area (Å²) in [5.41, 5.74) is 0.780. The van der Waals surface area contributed by atoms with Gasteiger partial charge in [-0.25, -0.2) is 4.98 Å². The number of ether oxygens (including phenoxy) is 2. The molecule has 0 aliphatic carbocycles. The van der Waals surface area contributed by atoms with E-state index in [0.717, 1.165) is 70.0 Å². The lowest BCUT2D eigenvalue weighted by atomic mass is 9.88. The van der Waals surface area contributed by atoms with Crippen LogP contribution in [0.4, 0.5) is 0 Å². The zero-order chi connectivity index (χ0) is 21.3. The van der Waals surface area contributed by atoms with Crippen molar-refractivity contribution < 1.29 is 14.3 Å². The van der Waals surface area contributed by atoms with Gasteiger partial charge >= 0.3 is 0 Å². The number of methoxy groups -OCH3 is 1. The van der Waals surface area contributed by atoms with Crippen LogP contribution in [0.2, 0.25) is 0 Å². The van der Waals surface area contributed by atoms with E-state index in [1.54, 1.807) is 7.11 Å². The zero-order valence-electron chi connectivity index (χ0n) is 18.3. The average molecular weight is 425 g/mol. The summed E-state index contributed by atoms with van der Waals surface area (Å²) in [6.07, 6.45) is 8.53. The van der Waals surface area contributed by atoms with Crippen LogP contribution in [-0.4, -0.2) is 64.7 Å². The number of piperidine rings is 2. The predicted octanol–water partition coefficient (Wildman–Crippen LogP) is 2.79. The molecule has 1 spiro atoms. The molecular formula is C24H32N4O3. The molecule has 7 heteroatoms. The maximum Gasteiger partial charge on any atom is 0.253 e. The van der Waals surface area contributed by atoms with Crippen LogP contribution in [0.15, 0.2) is 36.7 Å². The van der Waals surface area contributed by atoms with E-state index in [9.17, 15) is 4.79 Å². The molecule has 5 rings (SSSR count). The SMILES string of the molecule is COc1cccc(CN2CCC3(CC2)OC(C(=O)N2CCCCC2)Cn2ccnc23)c1. The van der Waals surface area contributed by atoms with Gasteiger partial charge in [-0.2, -0.15) is 0 Å². The van der Waals surface area contributed by atoms with E-state index in [4.69, 9.17) is 9.47 Å². The Hall–Kier alpha value is -2.38. The average Bonchev–Trinajstić information content (AvgIpc) is 3.31. The van der Waals surface area contributed by atoms with E-state index < -0.39 is 11.7 Å². The van der Waals surface area contributed by atoms with E-state index in [1.165, 1.54) is 12.0 Å². The maximum absolute atomic E-state index is 13.2. The first-order chi connectivity index (χ1) is 15.2. The molecular weight excluding hydrogens is 392 g/mol. The van der Waals surface area contributed by atoms with Crippen molar-refractivity contribution in [2.24, 2.45) is 0 Å². The molecule has 0 bridgehead atoms. The zero-order valence-corrected chi connectivity index (χ0v) is 18.3. The molecule has 1 aromatic heterocycles. The number of amides is 1. The summed E-state index contributed by atoms with van der Waals surface area (Å²) in [6, 6.07) is 8.26. The number of imidazole rings is 1. The van der Waals surface area contributed by atoms with Crippen LogP contribution in [0.3, 0.4) is 0 Å². The molecule has 3 aliphatic heterocycles. The maximum atomic E-state index is 13.2. The number of benzene rings is 1. The molecule has 1 atom stereocenters. The molecule has 2 saturated heterocycles. The number of likely N-dealkylation sites (tertiary alicyclic amines) is 2. The fourth-order valence-electron chi connectivity index (χ4n) is 5.29. The third-order valence-corrected chi connectivity index (χ3v) is 7.00. The van der Waals surface area contributed by atoms with Gasteiger partial charge in [0.15, 0.2) is 6.10 Å². The summed E-state index contributed by atoms with van der Waals surface area (Å²) in [5.74, 6) is 2.02. The summed E-state index contributed by atoms with van der Waals surface area (Å²) in [7, 11) is 1.70. The summed E-state index contributed by atoms with van der Waals surface area (Å²) >= 11 is 0. The van der Waals surface area contributed by atoms with E-state index in [2.05, 4.69) is 26.6 Å². The Morgan fingerprint density at radius 3 is 2.77 bits per heavy atom. The lowest BCUT2D eigenvalue weighted by Crippen LogP contribution is -2.55. The van der Waals surface area contributed by atoms with E-state index in [-0.39, 0.29) is 5.91 Å². The smallest absolute Gasteiger partial charge is 0.253 e. The number of carbonyl (C=O) groups excluding carboxylic acids is 1. The Balaban J connectivity index is 1.29. The van der Waals surface area contributed by atoms with Gasteiger partial charge in [-0.15, -0.1) is 0 Å². The highest BCUT2D eigenvalue weighted by atomic mass is 16.5. The second-order valence-corrected chi connectivity index (χ2v) is 9.02. The largest absolute Gasteiger partial charge is 0.497 e. The van der Waals surface area contributed by atoms with E-state index >= 15 is 0 Å². The first kappa shape index (κ1) is 20.5. The molecule has 7 nitrogen and oxygen atoms in total. The summed E-state index contributed by atoms with van der Waals surface area (Å²) in [4.78, 5) is 22.3. The molecule has 0 N–H and O–H groups in total. The topological polar surface area (TPSA) is 59.8 Å². The molecule has 4 heterocycles. The van der Waals surface area contributed by atoms with Crippen molar-refractivity contribution in [3.8, 4) is 5.75 Å². The van der Waals surface area contributed by atoms with Gasteiger partial charge in [-0.1, -0.05) is 12.1 Å². The molecule has 3 aliphatic rings. The molecule has 1 amide bonds. The fraction of sp³-hybridized carbons (Fsp3) is 0.583. The lowest BCUT2D eigenvalue weighted by Gasteiger charge is -2.46. The minimum atomic E-state index is -0.470. The molecule has 2 fully saturated rings. The lowest BCUT2D eigenvalue weighted by molar-refractivity contribution is -0.182. The highest BCUT2D eigenvalue weighted by molar-refractivity contribution is 5.81. The molecule has 31 heavy (non-hydrogen) atoms. The van der Waals surface area contributed by atoms with Gasteiger partial charge in [0.05, 0.1) is 13.7 Å². The van der Waals surface area contributed by atoms with E-state index in [0.29, 0.717) is 6.54 Å².